The zero-order valence-electron chi connectivity index (χ0n) is 11.0. The van der Waals surface area contributed by atoms with Crippen LogP contribution < -0.4 is 0 Å². The molecule has 2 heterocycles. The average Bonchev–Trinajstić information content (AvgIpc) is 2.46. The lowest BCUT2D eigenvalue weighted by molar-refractivity contribution is -0.135. The first-order valence-corrected chi connectivity index (χ1v) is 6.99. The van der Waals surface area contributed by atoms with E-state index in [0.717, 1.165) is 26.0 Å². The van der Waals surface area contributed by atoms with E-state index in [1.54, 1.807) is 4.90 Å². The first-order valence-electron chi connectivity index (χ1n) is 6.99. The smallest absolute Gasteiger partial charge is 0.223 e. The minimum absolute atomic E-state index is 0.242. The highest BCUT2D eigenvalue weighted by atomic mass is 16.2. The summed E-state index contributed by atoms with van der Waals surface area (Å²) in [5.41, 5.74) is 0. The molecule has 0 aromatic heterocycles. The normalized spacial score (nSPS) is 22.0. The topological polar surface area (TPSA) is 43.9 Å². The molecule has 18 heavy (non-hydrogen) atoms. The molecule has 2 saturated heterocycles. The van der Waals surface area contributed by atoms with E-state index in [9.17, 15) is 9.59 Å². The Morgan fingerprint density at radius 3 is 2.22 bits per heavy atom. The van der Waals surface area contributed by atoms with Crippen LogP contribution in [0, 0.1) is 0 Å². The molecule has 2 aliphatic heterocycles. The number of likely N-dealkylation sites (tertiary alicyclic amines) is 1. The van der Waals surface area contributed by atoms with Crippen molar-refractivity contribution < 1.29 is 9.59 Å². The van der Waals surface area contributed by atoms with Gasteiger partial charge in [0.1, 0.15) is 0 Å². The molecule has 0 spiro atoms. The molecule has 5 nitrogen and oxygen atoms in total. The summed E-state index contributed by atoms with van der Waals surface area (Å²) in [7, 11) is 0. The Hall–Kier alpha value is -1.10. The van der Waals surface area contributed by atoms with E-state index >= 15 is 0 Å². The maximum atomic E-state index is 12.0. The van der Waals surface area contributed by atoms with Crippen LogP contribution in [0.1, 0.15) is 25.7 Å². The molecule has 0 atom stereocenters. The molecular formula is C13H23N3O2. The van der Waals surface area contributed by atoms with Gasteiger partial charge in [-0.15, -0.1) is 0 Å². The van der Waals surface area contributed by atoms with Crippen molar-refractivity contribution in [2.45, 2.75) is 25.7 Å². The van der Waals surface area contributed by atoms with Gasteiger partial charge in [-0.25, -0.2) is 0 Å². The third kappa shape index (κ3) is 3.70. The highest BCUT2D eigenvalue weighted by molar-refractivity contribution is 5.76. The van der Waals surface area contributed by atoms with Gasteiger partial charge in [-0.1, -0.05) is 6.42 Å². The number of rotatable bonds is 4. The number of nitrogens with zero attached hydrogens (tertiary/aromatic N) is 3. The van der Waals surface area contributed by atoms with Gasteiger partial charge in [0.15, 0.2) is 0 Å². The lowest BCUT2D eigenvalue weighted by atomic mass is 10.1. The molecular weight excluding hydrogens is 230 g/mol. The molecule has 0 saturated carbocycles. The van der Waals surface area contributed by atoms with E-state index < -0.39 is 0 Å². The van der Waals surface area contributed by atoms with E-state index in [4.69, 9.17) is 0 Å². The van der Waals surface area contributed by atoms with Gasteiger partial charge in [0.2, 0.25) is 12.3 Å². The van der Waals surface area contributed by atoms with Crippen LogP contribution in [0.15, 0.2) is 0 Å². The van der Waals surface area contributed by atoms with Crippen LogP contribution in [-0.4, -0.2) is 72.8 Å². The second-order valence-electron chi connectivity index (χ2n) is 5.17. The van der Waals surface area contributed by atoms with Crippen molar-refractivity contribution in [1.29, 1.82) is 0 Å². The Kier molecular flexibility index (Phi) is 4.99. The zero-order valence-corrected chi connectivity index (χ0v) is 11.0. The minimum Gasteiger partial charge on any atom is -0.342 e. The molecule has 0 aliphatic carbocycles. The van der Waals surface area contributed by atoms with Gasteiger partial charge in [0.05, 0.1) is 0 Å². The number of hydrogen-bond donors (Lipinski definition) is 0. The summed E-state index contributed by atoms with van der Waals surface area (Å²) in [6.07, 6.45) is 5.37. The molecule has 2 aliphatic rings. The fourth-order valence-electron chi connectivity index (χ4n) is 2.67. The maximum absolute atomic E-state index is 12.0. The fraction of sp³-hybridized carbons (Fsp3) is 0.846. The van der Waals surface area contributed by atoms with Crippen molar-refractivity contribution in [3.63, 3.8) is 0 Å². The largest absolute Gasteiger partial charge is 0.342 e. The van der Waals surface area contributed by atoms with Crippen molar-refractivity contribution in [3.8, 4) is 0 Å². The first kappa shape index (κ1) is 13.3. The van der Waals surface area contributed by atoms with Crippen LogP contribution >= 0.6 is 0 Å². The third-order valence-corrected chi connectivity index (χ3v) is 3.91. The number of hydrogen-bond acceptors (Lipinski definition) is 3. The summed E-state index contributed by atoms with van der Waals surface area (Å²) >= 11 is 0. The maximum Gasteiger partial charge on any atom is 0.223 e. The summed E-state index contributed by atoms with van der Waals surface area (Å²) in [5, 5.41) is 0. The summed E-state index contributed by atoms with van der Waals surface area (Å²) in [6, 6.07) is 0. The quantitative estimate of drug-likeness (QED) is 0.671. The molecule has 102 valence electrons. The van der Waals surface area contributed by atoms with Gasteiger partial charge < -0.3 is 14.7 Å². The Morgan fingerprint density at radius 2 is 1.61 bits per heavy atom. The molecule has 5 heteroatoms. The lowest BCUT2D eigenvalue weighted by Crippen LogP contribution is -2.48. The molecule has 0 bridgehead atoms. The van der Waals surface area contributed by atoms with Crippen LogP contribution in [-0.2, 0) is 9.59 Å². The minimum atomic E-state index is 0.242. The number of piperazine rings is 1. The molecule has 0 radical (unpaired) electrons. The van der Waals surface area contributed by atoms with Gasteiger partial charge in [0, 0.05) is 39.1 Å². The van der Waals surface area contributed by atoms with Crippen molar-refractivity contribution in [2.75, 3.05) is 45.8 Å². The van der Waals surface area contributed by atoms with E-state index in [1.807, 2.05) is 4.90 Å². The van der Waals surface area contributed by atoms with Gasteiger partial charge in [-0.2, -0.15) is 0 Å². The lowest BCUT2D eigenvalue weighted by Gasteiger charge is -2.33. The SMILES string of the molecule is O=CN1CCN(C(=O)CCN2CCCCC2)CC1. The summed E-state index contributed by atoms with van der Waals surface area (Å²) in [4.78, 5) is 28.6. The molecule has 0 N–H and O–H groups in total. The molecule has 2 amide bonds. The van der Waals surface area contributed by atoms with Gasteiger partial charge in [-0.3, -0.25) is 9.59 Å². The highest BCUT2D eigenvalue weighted by Crippen LogP contribution is 2.10. The van der Waals surface area contributed by atoms with Crippen LogP contribution in [0.3, 0.4) is 0 Å². The Bertz CT molecular complexity index is 282. The number of carbonyl (C=O) groups is 2. The second kappa shape index (κ2) is 6.73. The Balaban J connectivity index is 1.66. The van der Waals surface area contributed by atoms with Gasteiger partial charge in [-0.05, 0) is 25.9 Å². The predicted molar refractivity (Wildman–Crippen MR) is 69.1 cm³/mol. The predicted octanol–water partition coefficient (Wildman–Crippen LogP) is 0.163. The van der Waals surface area contributed by atoms with Crippen LogP contribution in [0.2, 0.25) is 0 Å². The third-order valence-electron chi connectivity index (χ3n) is 3.91. The van der Waals surface area contributed by atoms with E-state index in [0.29, 0.717) is 32.6 Å². The second-order valence-corrected chi connectivity index (χ2v) is 5.17. The van der Waals surface area contributed by atoms with Crippen LogP contribution in [0.4, 0.5) is 0 Å². The summed E-state index contributed by atoms with van der Waals surface area (Å²) in [6.45, 7) is 5.93. The fourth-order valence-corrected chi connectivity index (χ4v) is 2.67. The molecule has 0 unspecified atom stereocenters. The van der Waals surface area contributed by atoms with Gasteiger partial charge in [0.25, 0.3) is 0 Å². The monoisotopic (exact) mass is 253 g/mol. The highest BCUT2D eigenvalue weighted by Gasteiger charge is 2.20. The van der Waals surface area contributed by atoms with E-state index in [1.165, 1.54) is 19.3 Å². The van der Waals surface area contributed by atoms with Crippen LogP contribution in [0.5, 0.6) is 0 Å². The molecule has 2 fully saturated rings. The van der Waals surface area contributed by atoms with E-state index in [2.05, 4.69) is 4.90 Å². The molecule has 0 aromatic rings. The van der Waals surface area contributed by atoms with E-state index in [-0.39, 0.29) is 5.91 Å². The first-order chi connectivity index (χ1) is 8.79. The van der Waals surface area contributed by atoms with Crippen molar-refractivity contribution in [3.05, 3.63) is 0 Å². The Morgan fingerprint density at radius 1 is 0.944 bits per heavy atom. The Labute approximate surface area is 109 Å². The molecule has 2 rings (SSSR count). The number of piperidine rings is 1. The standard InChI is InChI=1S/C13H23N3O2/c17-12-15-8-10-16(11-9-15)13(18)4-7-14-5-2-1-3-6-14/h12H,1-11H2. The number of carbonyl (C=O) groups excluding carboxylic acids is 2. The van der Waals surface area contributed by atoms with Crippen molar-refractivity contribution in [1.82, 2.24) is 14.7 Å². The number of amides is 2. The summed E-state index contributed by atoms with van der Waals surface area (Å²) in [5.74, 6) is 0.242. The van der Waals surface area contributed by atoms with Crippen LogP contribution in [0.25, 0.3) is 0 Å². The van der Waals surface area contributed by atoms with Gasteiger partial charge >= 0.3 is 0 Å². The average molecular weight is 253 g/mol. The van der Waals surface area contributed by atoms with Crippen molar-refractivity contribution in [2.24, 2.45) is 0 Å². The molecule has 0 aromatic carbocycles. The summed E-state index contributed by atoms with van der Waals surface area (Å²) < 4.78 is 0. The van der Waals surface area contributed by atoms with Crippen molar-refractivity contribution >= 4 is 12.3 Å². The zero-order chi connectivity index (χ0) is 12.8.